The molecule has 0 fully saturated rings. The second-order valence-corrected chi connectivity index (χ2v) is 4.72. The molecule has 3 N–H and O–H groups in total. The molecule has 0 aliphatic carbocycles. The summed E-state index contributed by atoms with van der Waals surface area (Å²) in [6.07, 6.45) is 0. The van der Waals surface area contributed by atoms with E-state index in [0.717, 1.165) is 16.9 Å². The zero-order chi connectivity index (χ0) is 15.4. The van der Waals surface area contributed by atoms with Crippen molar-refractivity contribution in [3.63, 3.8) is 0 Å². The second-order valence-electron chi connectivity index (χ2n) is 4.72. The standard InChI is InChI=1S/C15H18N4O2/c1-3-18(13-6-4-11(2)5-7-13)14-8-12(17-16)9-15(10-14)19(20)21/h4-10,17H,3,16H2,1-2H3. The molecule has 0 spiro atoms. The van der Waals surface area contributed by atoms with Crippen LogP contribution in [0.3, 0.4) is 0 Å². The van der Waals surface area contributed by atoms with Crippen molar-refractivity contribution in [3.8, 4) is 0 Å². The van der Waals surface area contributed by atoms with Gasteiger partial charge in [-0.1, -0.05) is 17.7 Å². The van der Waals surface area contributed by atoms with Crippen molar-refractivity contribution in [2.75, 3.05) is 16.9 Å². The van der Waals surface area contributed by atoms with E-state index >= 15 is 0 Å². The van der Waals surface area contributed by atoms with Gasteiger partial charge in [0.15, 0.2) is 0 Å². The molecule has 6 nitrogen and oxygen atoms in total. The first-order chi connectivity index (χ1) is 10.0. The van der Waals surface area contributed by atoms with E-state index in [0.29, 0.717) is 12.2 Å². The highest BCUT2D eigenvalue weighted by Gasteiger charge is 2.14. The summed E-state index contributed by atoms with van der Waals surface area (Å²) in [5.74, 6) is 5.40. The maximum absolute atomic E-state index is 11.0. The number of benzene rings is 2. The maximum Gasteiger partial charge on any atom is 0.273 e. The Hall–Kier alpha value is -2.60. The van der Waals surface area contributed by atoms with Crippen LogP contribution in [-0.4, -0.2) is 11.5 Å². The molecule has 0 bridgehead atoms. The van der Waals surface area contributed by atoms with Crippen molar-refractivity contribution < 1.29 is 4.92 Å². The molecular weight excluding hydrogens is 268 g/mol. The average Bonchev–Trinajstić information content (AvgIpc) is 2.49. The van der Waals surface area contributed by atoms with E-state index in [1.165, 1.54) is 6.07 Å². The number of nitrogens with two attached hydrogens (primary N) is 1. The fourth-order valence-corrected chi connectivity index (χ4v) is 2.18. The van der Waals surface area contributed by atoms with Crippen LogP contribution in [0.25, 0.3) is 0 Å². The largest absolute Gasteiger partial charge is 0.342 e. The lowest BCUT2D eigenvalue weighted by Crippen LogP contribution is -2.17. The van der Waals surface area contributed by atoms with Crippen LogP contribution in [0.5, 0.6) is 0 Å². The van der Waals surface area contributed by atoms with E-state index in [1.54, 1.807) is 12.1 Å². The van der Waals surface area contributed by atoms with E-state index in [-0.39, 0.29) is 5.69 Å². The van der Waals surface area contributed by atoms with Crippen LogP contribution in [0.4, 0.5) is 22.7 Å². The highest BCUT2D eigenvalue weighted by molar-refractivity contribution is 5.70. The Bertz CT molecular complexity index is 641. The van der Waals surface area contributed by atoms with Crippen LogP contribution in [0.2, 0.25) is 0 Å². The molecule has 110 valence electrons. The lowest BCUT2D eigenvalue weighted by atomic mass is 10.1. The Balaban J connectivity index is 2.48. The minimum absolute atomic E-state index is 0.00557. The molecule has 0 aromatic heterocycles. The first-order valence-electron chi connectivity index (χ1n) is 6.65. The van der Waals surface area contributed by atoms with E-state index in [9.17, 15) is 10.1 Å². The molecule has 0 heterocycles. The first-order valence-corrected chi connectivity index (χ1v) is 6.65. The van der Waals surface area contributed by atoms with E-state index in [2.05, 4.69) is 5.43 Å². The number of nitrogens with zero attached hydrogens (tertiary/aromatic N) is 2. The lowest BCUT2D eigenvalue weighted by Gasteiger charge is -2.24. The normalized spacial score (nSPS) is 10.2. The zero-order valence-electron chi connectivity index (χ0n) is 12.0. The van der Waals surface area contributed by atoms with Gasteiger partial charge in [-0.3, -0.25) is 16.0 Å². The van der Waals surface area contributed by atoms with Gasteiger partial charge in [0.05, 0.1) is 16.3 Å². The summed E-state index contributed by atoms with van der Waals surface area (Å²) in [5, 5.41) is 11.0. The number of non-ortho nitro benzene ring substituents is 1. The summed E-state index contributed by atoms with van der Waals surface area (Å²) >= 11 is 0. The predicted molar refractivity (Wildman–Crippen MR) is 84.8 cm³/mol. The number of hydrogen-bond donors (Lipinski definition) is 2. The third kappa shape index (κ3) is 3.29. The fourth-order valence-electron chi connectivity index (χ4n) is 2.18. The number of hydrazine groups is 1. The average molecular weight is 286 g/mol. The smallest absolute Gasteiger partial charge is 0.273 e. The highest BCUT2D eigenvalue weighted by Crippen LogP contribution is 2.31. The number of nitrogen functional groups attached to an aromatic ring is 1. The minimum Gasteiger partial charge on any atom is -0.342 e. The van der Waals surface area contributed by atoms with Gasteiger partial charge >= 0.3 is 0 Å². The van der Waals surface area contributed by atoms with Crippen LogP contribution in [0, 0.1) is 17.0 Å². The van der Waals surface area contributed by atoms with Crippen LogP contribution in [0.15, 0.2) is 42.5 Å². The fraction of sp³-hybridized carbons (Fsp3) is 0.200. The zero-order valence-corrected chi connectivity index (χ0v) is 12.0. The highest BCUT2D eigenvalue weighted by atomic mass is 16.6. The number of hydrogen-bond acceptors (Lipinski definition) is 5. The predicted octanol–water partition coefficient (Wildman–Crippen LogP) is 3.35. The monoisotopic (exact) mass is 286 g/mol. The molecule has 2 aromatic rings. The molecule has 0 aliphatic heterocycles. The minimum atomic E-state index is -0.423. The number of nitro groups is 1. The number of anilines is 3. The summed E-state index contributed by atoms with van der Waals surface area (Å²) in [6.45, 7) is 4.70. The van der Waals surface area contributed by atoms with Crippen LogP contribution in [0.1, 0.15) is 12.5 Å². The number of aryl methyl sites for hydroxylation is 1. The quantitative estimate of drug-likeness (QED) is 0.500. The Morgan fingerprint density at radius 1 is 1.19 bits per heavy atom. The Kier molecular flexibility index (Phi) is 4.39. The third-order valence-electron chi connectivity index (χ3n) is 3.25. The molecule has 2 rings (SSSR count). The summed E-state index contributed by atoms with van der Waals surface area (Å²) in [5.41, 5.74) is 5.85. The third-order valence-corrected chi connectivity index (χ3v) is 3.25. The molecular formula is C15H18N4O2. The summed E-state index contributed by atoms with van der Waals surface area (Å²) < 4.78 is 0. The summed E-state index contributed by atoms with van der Waals surface area (Å²) in [6, 6.07) is 12.8. The van der Waals surface area contributed by atoms with Gasteiger partial charge in [0.1, 0.15) is 0 Å². The lowest BCUT2D eigenvalue weighted by molar-refractivity contribution is -0.384. The maximum atomic E-state index is 11.0. The molecule has 0 unspecified atom stereocenters. The second kappa shape index (κ2) is 6.23. The van der Waals surface area contributed by atoms with Crippen LogP contribution < -0.4 is 16.2 Å². The molecule has 2 aromatic carbocycles. The summed E-state index contributed by atoms with van der Waals surface area (Å²) in [7, 11) is 0. The number of rotatable bonds is 5. The van der Waals surface area contributed by atoms with E-state index in [1.807, 2.05) is 43.0 Å². The molecule has 0 amide bonds. The van der Waals surface area contributed by atoms with Crippen molar-refractivity contribution in [2.45, 2.75) is 13.8 Å². The van der Waals surface area contributed by atoms with Crippen LogP contribution in [-0.2, 0) is 0 Å². The molecule has 0 aliphatic rings. The van der Waals surface area contributed by atoms with Gasteiger partial charge < -0.3 is 10.3 Å². The van der Waals surface area contributed by atoms with E-state index < -0.39 is 4.92 Å². The van der Waals surface area contributed by atoms with Crippen molar-refractivity contribution in [1.82, 2.24) is 0 Å². The van der Waals surface area contributed by atoms with Crippen molar-refractivity contribution in [3.05, 3.63) is 58.1 Å². The van der Waals surface area contributed by atoms with Crippen LogP contribution >= 0.6 is 0 Å². The van der Waals surface area contributed by atoms with Gasteiger partial charge in [0.2, 0.25) is 0 Å². The van der Waals surface area contributed by atoms with Gasteiger partial charge in [-0.05, 0) is 32.0 Å². The van der Waals surface area contributed by atoms with Gasteiger partial charge in [-0.15, -0.1) is 0 Å². The first kappa shape index (κ1) is 14.8. The van der Waals surface area contributed by atoms with Gasteiger partial charge in [0, 0.05) is 24.4 Å². The Morgan fingerprint density at radius 2 is 1.86 bits per heavy atom. The van der Waals surface area contributed by atoms with Gasteiger partial charge in [-0.25, -0.2) is 0 Å². The van der Waals surface area contributed by atoms with Crippen molar-refractivity contribution >= 4 is 22.7 Å². The number of nitro benzene ring substituents is 1. The molecule has 0 atom stereocenters. The van der Waals surface area contributed by atoms with Crippen molar-refractivity contribution in [2.24, 2.45) is 5.84 Å². The van der Waals surface area contributed by atoms with Gasteiger partial charge in [0.25, 0.3) is 5.69 Å². The molecule has 0 saturated heterocycles. The Labute approximate surface area is 123 Å². The SMILES string of the molecule is CCN(c1ccc(C)cc1)c1cc(NN)cc([N+](=O)[O-])c1. The molecule has 0 radical (unpaired) electrons. The Morgan fingerprint density at radius 3 is 2.38 bits per heavy atom. The molecule has 6 heteroatoms. The number of nitrogens with one attached hydrogen (secondary N) is 1. The summed E-state index contributed by atoms with van der Waals surface area (Å²) in [4.78, 5) is 12.6. The topological polar surface area (TPSA) is 84.4 Å². The van der Waals surface area contributed by atoms with Crippen molar-refractivity contribution in [1.29, 1.82) is 0 Å². The van der Waals surface area contributed by atoms with E-state index in [4.69, 9.17) is 5.84 Å². The molecule has 0 saturated carbocycles. The molecule has 21 heavy (non-hydrogen) atoms. The van der Waals surface area contributed by atoms with Gasteiger partial charge in [-0.2, -0.15) is 0 Å².